The quantitative estimate of drug-likeness (QED) is 0.739. The summed E-state index contributed by atoms with van der Waals surface area (Å²) in [5, 5.41) is 12.5. The summed E-state index contributed by atoms with van der Waals surface area (Å²) in [5.41, 5.74) is -0.521. The second kappa shape index (κ2) is 6.36. The minimum Gasteiger partial charge on any atom is -0.389 e. The number of aliphatic hydroxyl groups is 1. The van der Waals surface area contributed by atoms with Gasteiger partial charge in [0.15, 0.2) is 0 Å². The minimum absolute atomic E-state index is 0.0148. The Bertz CT molecular complexity index is 239. The fourth-order valence-electron chi connectivity index (χ4n) is 1.59. The molecule has 0 rings (SSSR count). The van der Waals surface area contributed by atoms with Crippen molar-refractivity contribution >= 4 is 5.91 Å². The number of nitrogens with zero attached hydrogens (tertiary/aromatic N) is 1. The molecule has 0 aliphatic carbocycles. The van der Waals surface area contributed by atoms with Crippen LogP contribution in [0.25, 0.3) is 0 Å². The molecule has 102 valence electrons. The Balaban J connectivity index is 3.80. The smallest absolute Gasteiger partial charge is 0.234 e. The lowest BCUT2D eigenvalue weighted by molar-refractivity contribution is -0.122. The highest BCUT2D eigenvalue weighted by Gasteiger charge is 2.17. The number of carbonyl (C=O) groups excluding carboxylic acids is 1. The van der Waals surface area contributed by atoms with Crippen molar-refractivity contribution in [3.05, 3.63) is 0 Å². The lowest BCUT2D eigenvalue weighted by Crippen LogP contribution is -2.42. The van der Waals surface area contributed by atoms with Gasteiger partial charge in [0.2, 0.25) is 5.91 Å². The van der Waals surface area contributed by atoms with Gasteiger partial charge in [0, 0.05) is 13.1 Å². The summed E-state index contributed by atoms with van der Waals surface area (Å²) in [6.07, 6.45) is 0.966. The van der Waals surface area contributed by atoms with E-state index in [1.807, 2.05) is 11.9 Å². The standard InChI is InChI=1S/C13H28N2O2/c1-12(2,3)7-8-14-11(16)9-15(6)10-13(4,5)17/h17H,7-10H2,1-6H3,(H,14,16). The molecular formula is C13H28N2O2. The Morgan fingerprint density at radius 2 is 1.76 bits per heavy atom. The van der Waals surface area contributed by atoms with Crippen molar-refractivity contribution in [2.45, 2.75) is 46.6 Å². The summed E-state index contributed by atoms with van der Waals surface area (Å²) in [6.45, 7) is 11.5. The largest absolute Gasteiger partial charge is 0.389 e. The van der Waals surface area contributed by atoms with Gasteiger partial charge in [-0.15, -0.1) is 0 Å². The number of hydrogen-bond acceptors (Lipinski definition) is 3. The first-order valence-corrected chi connectivity index (χ1v) is 6.17. The van der Waals surface area contributed by atoms with Gasteiger partial charge in [-0.3, -0.25) is 9.69 Å². The molecule has 0 spiro atoms. The second-order valence-corrected chi connectivity index (χ2v) is 6.65. The second-order valence-electron chi connectivity index (χ2n) is 6.65. The molecule has 0 radical (unpaired) electrons. The van der Waals surface area contributed by atoms with Gasteiger partial charge in [-0.1, -0.05) is 20.8 Å². The molecule has 0 atom stereocenters. The molecule has 4 nitrogen and oxygen atoms in total. The van der Waals surface area contributed by atoms with Crippen molar-refractivity contribution in [2.24, 2.45) is 5.41 Å². The van der Waals surface area contributed by atoms with Crippen LogP contribution in [0, 0.1) is 5.41 Å². The summed E-state index contributed by atoms with van der Waals surface area (Å²) < 4.78 is 0. The molecule has 17 heavy (non-hydrogen) atoms. The number of rotatable bonds is 6. The molecule has 0 fully saturated rings. The van der Waals surface area contributed by atoms with Crippen molar-refractivity contribution in [3.8, 4) is 0 Å². The Kier molecular flexibility index (Phi) is 6.13. The van der Waals surface area contributed by atoms with Crippen molar-refractivity contribution in [3.63, 3.8) is 0 Å². The van der Waals surface area contributed by atoms with Crippen molar-refractivity contribution in [1.82, 2.24) is 10.2 Å². The van der Waals surface area contributed by atoms with E-state index in [9.17, 15) is 9.90 Å². The minimum atomic E-state index is -0.763. The molecule has 0 unspecified atom stereocenters. The van der Waals surface area contributed by atoms with Crippen LogP contribution in [-0.4, -0.2) is 48.2 Å². The molecule has 4 heteroatoms. The number of likely N-dealkylation sites (N-methyl/N-ethyl adjacent to an activating group) is 1. The zero-order valence-electron chi connectivity index (χ0n) is 12.1. The molecule has 0 aliphatic heterocycles. The van der Waals surface area contributed by atoms with E-state index in [1.165, 1.54) is 0 Å². The lowest BCUT2D eigenvalue weighted by Gasteiger charge is -2.25. The molecule has 0 aromatic rings. The number of carbonyl (C=O) groups is 1. The maximum absolute atomic E-state index is 11.6. The van der Waals surface area contributed by atoms with E-state index in [-0.39, 0.29) is 11.3 Å². The SMILES string of the molecule is CN(CC(=O)NCCC(C)(C)C)CC(C)(C)O. The van der Waals surface area contributed by atoms with Crippen molar-refractivity contribution in [1.29, 1.82) is 0 Å². The Morgan fingerprint density at radius 3 is 2.18 bits per heavy atom. The summed E-state index contributed by atoms with van der Waals surface area (Å²) in [5.74, 6) is 0.0148. The van der Waals surface area contributed by atoms with E-state index in [4.69, 9.17) is 0 Å². The van der Waals surface area contributed by atoms with Gasteiger partial charge in [0.05, 0.1) is 12.1 Å². The van der Waals surface area contributed by atoms with Gasteiger partial charge in [-0.05, 0) is 32.7 Å². The van der Waals surface area contributed by atoms with Gasteiger partial charge >= 0.3 is 0 Å². The molecule has 0 bridgehead atoms. The van der Waals surface area contributed by atoms with Crippen LogP contribution >= 0.6 is 0 Å². The van der Waals surface area contributed by atoms with E-state index in [0.717, 1.165) is 6.42 Å². The predicted molar refractivity (Wildman–Crippen MR) is 70.9 cm³/mol. The summed E-state index contributed by atoms with van der Waals surface area (Å²) in [7, 11) is 1.83. The fourth-order valence-corrected chi connectivity index (χ4v) is 1.59. The van der Waals surface area contributed by atoms with Gasteiger partial charge < -0.3 is 10.4 Å². The molecule has 0 aliphatic rings. The van der Waals surface area contributed by atoms with E-state index in [0.29, 0.717) is 19.6 Å². The first-order chi connectivity index (χ1) is 7.49. The molecule has 0 saturated heterocycles. The van der Waals surface area contributed by atoms with Crippen LogP contribution in [0.4, 0.5) is 0 Å². The third-order valence-corrected chi connectivity index (χ3v) is 2.27. The van der Waals surface area contributed by atoms with Gasteiger partial charge in [0.25, 0.3) is 0 Å². The maximum atomic E-state index is 11.6. The summed E-state index contributed by atoms with van der Waals surface area (Å²) >= 11 is 0. The molecular weight excluding hydrogens is 216 g/mol. The summed E-state index contributed by atoms with van der Waals surface area (Å²) in [6, 6.07) is 0. The Morgan fingerprint density at radius 1 is 1.24 bits per heavy atom. The van der Waals surface area contributed by atoms with Crippen molar-refractivity contribution < 1.29 is 9.90 Å². The van der Waals surface area contributed by atoms with Crippen LogP contribution in [0.3, 0.4) is 0 Å². The molecule has 0 heterocycles. The van der Waals surface area contributed by atoms with Crippen LogP contribution in [0.2, 0.25) is 0 Å². The van der Waals surface area contributed by atoms with Crippen LogP contribution < -0.4 is 5.32 Å². The van der Waals surface area contributed by atoms with E-state index in [2.05, 4.69) is 26.1 Å². The summed E-state index contributed by atoms with van der Waals surface area (Å²) in [4.78, 5) is 13.4. The number of nitrogens with one attached hydrogen (secondary N) is 1. The molecule has 1 amide bonds. The average Bonchev–Trinajstić information content (AvgIpc) is 1.96. The van der Waals surface area contributed by atoms with Gasteiger partial charge in [-0.25, -0.2) is 0 Å². The van der Waals surface area contributed by atoms with E-state index >= 15 is 0 Å². The topological polar surface area (TPSA) is 52.6 Å². The third-order valence-electron chi connectivity index (χ3n) is 2.27. The Hall–Kier alpha value is -0.610. The molecule has 0 aromatic heterocycles. The number of amides is 1. The normalized spacial score (nSPS) is 12.9. The zero-order chi connectivity index (χ0) is 13.7. The first kappa shape index (κ1) is 16.4. The van der Waals surface area contributed by atoms with E-state index < -0.39 is 5.60 Å². The van der Waals surface area contributed by atoms with Crippen LogP contribution in [0.15, 0.2) is 0 Å². The lowest BCUT2D eigenvalue weighted by atomic mass is 9.92. The third kappa shape index (κ3) is 11.6. The van der Waals surface area contributed by atoms with Crippen molar-refractivity contribution in [2.75, 3.05) is 26.7 Å². The Labute approximate surface area is 105 Å². The highest BCUT2D eigenvalue weighted by molar-refractivity contribution is 5.77. The highest BCUT2D eigenvalue weighted by Crippen LogP contribution is 2.16. The first-order valence-electron chi connectivity index (χ1n) is 6.17. The van der Waals surface area contributed by atoms with Gasteiger partial charge in [0.1, 0.15) is 0 Å². The van der Waals surface area contributed by atoms with Crippen LogP contribution in [0.5, 0.6) is 0 Å². The average molecular weight is 244 g/mol. The molecule has 0 aromatic carbocycles. The zero-order valence-corrected chi connectivity index (χ0v) is 12.1. The van der Waals surface area contributed by atoms with E-state index in [1.54, 1.807) is 13.8 Å². The molecule has 2 N–H and O–H groups in total. The maximum Gasteiger partial charge on any atom is 0.234 e. The number of hydrogen-bond donors (Lipinski definition) is 2. The fraction of sp³-hybridized carbons (Fsp3) is 0.923. The monoisotopic (exact) mass is 244 g/mol. The molecule has 0 saturated carbocycles. The van der Waals surface area contributed by atoms with Crippen LogP contribution in [-0.2, 0) is 4.79 Å². The van der Waals surface area contributed by atoms with Gasteiger partial charge in [-0.2, -0.15) is 0 Å². The highest BCUT2D eigenvalue weighted by atomic mass is 16.3. The van der Waals surface area contributed by atoms with Crippen LogP contribution in [0.1, 0.15) is 41.0 Å². The predicted octanol–water partition coefficient (Wildman–Crippen LogP) is 1.24.